The van der Waals surface area contributed by atoms with E-state index in [1.54, 1.807) is 12.3 Å². The Labute approximate surface area is 173 Å². The highest BCUT2D eigenvalue weighted by Gasteiger charge is 2.14. The van der Waals surface area contributed by atoms with E-state index in [4.69, 9.17) is 0 Å². The summed E-state index contributed by atoms with van der Waals surface area (Å²) in [5, 5.41) is 8.43. The molecule has 1 aliphatic heterocycles. The average molecular weight is 409 g/mol. The van der Waals surface area contributed by atoms with Crippen LogP contribution in [0.3, 0.4) is 0 Å². The van der Waals surface area contributed by atoms with Crippen LogP contribution in [0.15, 0.2) is 53.5 Å². The van der Waals surface area contributed by atoms with E-state index >= 15 is 0 Å². The Hall–Kier alpha value is -2.64. The third-order valence-electron chi connectivity index (χ3n) is 5.27. The van der Waals surface area contributed by atoms with Gasteiger partial charge in [-0.05, 0) is 30.2 Å². The largest absolute Gasteiger partial charge is 0.324 e. The molecule has 0 atom stereocenters. The van der Waals surface area contributed by atoms with Gasteiger partial charge in [0.1, 0.15) is 6.54 Å². The minimum Gasteiger partial charge on any atom is -0.324 e. The lowest BCUT2D eigenvalue weighted by atomic mass is 10.1. The third kappa shape index (κ3) is 4.52. The minimum atomic E-state index is -0.260. The zero-order chi connectivity index (χ0) is 20.2. The van der Waals surface area contributed by atoms with Gasteiger partial charge in [0.2, 0.25) is 5.91 Å². The van der Waals surface area contributed by atoms with Gasteiger partial charge in [-0.15, -0.1) is 0 Å². The van der Waals surface area contributed by atoms with Crippen LogP contribution in [0.25, 0.3) is 10.8 Å². The number of fused-ring (bicyclic) bond motifs is 1. The topological polar surface area (TPSA) is 67.2 Å². The second-order valence-electron chi connectivity index (χ2n) is 7.22. The van der Waals surface area contributed by atoms with Crippen LogP contribution >= 0.6 is 11.8 Å². The molecule has 0 unspecified atom stereocenters. The Balaban J connectivity index is 1.48. The first-order chi connectivity index (χ1) is 14.1. The molecule has 1 N–H and O–H groups in total. The van der Waals surface area contributed by atoms with E-state index in [2.05, 4.69) is 21.4 Å². The molecule has 2 heterocycles. The second kappa shape index (κ2) is 8.80. The SMILES string of the molecule is Cc1c(CN2CCSCC2)cccc1NC(=O)Cn1ncc2ccccc2c1=O. The Bertz CT molecular complexity index is 1090. The highest BCUT2D eigenvalue weighted by molar-refractivity contribution is 7.99. The number of anilines is 1. The summed E-state index contributed by atoms with van der Waals surface area (Å²) < 4.78 is 1.21. The molecule has 1 saturated heterocycles. The predicted octanol–water partition coefficient (Wildman–Crippen LogP) is 2.89. The van der Waals surface area contributed by atoms with E-state index in [0.717, 1.165) is 36.3 Å². The van der Waals surface area contributed by atoms with Gasteiger partial charge in [0, 0.05) is 42.2 Å². The van der Waals surface area contributed by atoms with Crippen LogP contribution in [0.1, 0.15) is 11.1 Å². The van der Waals surface area contributed by atoms with Gasteiger partial charge in [0.15, 0.2) is 0 Å². The maximum atomic E-state index is 12.6. The van der Waals surface area contributed by atoms with Crippen LogP contribution in [0.2, 0.25) is 0 Å². The van der Waals surface area contributed by atoms with Gasteiger partial charge in [-0.3, -0.25) is 14.5 Å². The van der Waals surface area contributed by atoms with Crippen molar-refractivity contribution in [3.63, 3.8) is 0 Å². The fourth-order valence-electron chi connectivity index (χ4n) is 3.56. The van der Waals surface area contributed by atoms with Gasteiger partial charge in [0.05, 0.1) is 11.6 Å². The van der Waals surface area contributed by atoms with Crippen molar-refractivity contribution in [1.29, 1.82) is 0 Å². The molecule has 7 heteroatoms. The maximum absolute atomic E-state index is 12.6. The summed E-state index contributed by atoms with van der Waals surface area (Å²) in [6.07, 6.45) is 1.62. The number of hydrogen-bond acceptors (Lipinski definition) is 5. The summed E-state index contributed by atoms with van der Waals surface area (Å²) in [5.41, 5.74) is 2.81. The molecule has 0 bridgehead atoms. The molecule has 3 aromatic rings. The van der Waals surface area contributed by atoms with Crippen molar-refractivity contribution in [2.45, 2.75) is 20.0 Å². The van der Waals surface area contributed by atoms with Crippen molar-refractivity contribution >= 4 is 34.1 Å². The van der Waals surface area contributed by atoms with Crippen LogP contribution in [-0.4, -0.2) is 45.2 Å². The third-order valence-corrected chi connectivity index (χ3v) is 6.22. The molecular formula is C22H24N4O2S. The number of aromatic nitrogens is 2. The summed E-state index contributed by atoms with van der Waals surface area (Å²) in [4.78, 5) is 27.6. The molecule has 0 radical (unpaired) electrons. The van der Waals surface area contributed by atoms with Gasteiger partial charge < -0.3 is 5.32 Å². The van der Waals surface area contributed by atoms with Crippen molar-refractivity contribution in [2.24, 2.45) is 0 Å². The standard InChI is InChI=1S/C22H24N4O2S/c1-16-18(14-25-9-11-29-12-10-25)6-4-8-20(16)24-21(27)15-26-22(28)19-7-3-2-5-17(19)13-23-26/h2-8,13H,9-12,14-15H2,1H3,(H,24,27). The Kier molecular flexibility index (Phi) is 5.97. The predicted molar refractivity (Wildman–Crippen MR) is 118 cm³/mol. The van der Waals surface area contributed by atoms with E-state index in [1.807, 2.05) is 49.0 Å². The summed E-state index contributed by atoms with van der Waals surface area (Å²) in [7, 11) is 0. The molecule has 4 rings (SSSR count). The quantitative estimate of drug-likeness (QED) is 0.703. The molecule has 1 aromatic heterocycles. The van der Waals surface area contributed by atoms with Crippen LogP contribution in [0.5, 0.6) is 0 Å². The number of hydrogen-bond donors (Lipinski definition) is 1. The van der Waals surface area contributed by atoms with Crippen LogP contribution in [0, 0.1) is 6.92 Å². The fraction of sp³-hybridized carbons (Fsp3) is 0.318. The molecule has 29 heavy (non-hydrogen) atoms. The van der Waals surface area contributed by atoms with E-state index in [1.165, 1.54) is 21.8 Å². The van der Waals surface area contributed by atoms with Gasteiger partial charge in [-0.2, -0.15) is 16.9 Å². The molecule has 2 aromatic carbocycles. The molecule has 6 nitrogen and oxygen atoms in total. The van der Waals surface area contributed by atoms with Crippen LogP contribution in [-0.2, 0) is 17.9 Å². The highest BCUT2D eigenvalue weighted by Crippen LogP contribution is 2.22. The van der Waals surface area contributed by atoms with Crippen LogP contribution < -0.4 is 10.9 Å². The number of thioether (sulfide) groups is 1. The molecule has 1 amide bonds. The maximum Gasteiger partial charge on any atom is 0.275 e. The van der Waals surface area contributed by atoms with E-state index in [9.17, 15) is 9.59 Å². The normalized spacial score (nSPS) is 14.8. The number of carbonyl (C=O) groups excluding carboxylic acids is 1. The lowest BCUT2D eigenvalue weighted by Crippen LogP contribution is -2.32. The van der Waals surface area contributed by atoms with E-state index in [-0.39, 0.29) is 18.0 Å². The average Bonchev–Trinajstić information content (AvgIpc) is 2.74. The van der Waals surface area contributed by atoms with Gasteiger partial charge >= 0.3 is 0 Å². The summed E-state index contributed by atoms with van der Waals surface area (Å²) in [6.45, 7) is 5.00. The summed E-state index contributed by atoms with van der Waals surface area (Å²) >= 11 is 2.00. The molecule has 1 aliphatic rings. The fourth-order valence-corrected chi connectivity index (χ4v) is 4.54. The summed E-state index contributed by atoms with van der Waals surface area (Å²) in [5.74, 6) is 2.08. The number of carbonyl (C=O) groups is 1. The van der Waals surface area contributed by atoms with Crippen molar-refractivity contribution < 1.29 is 4.79 Å². The van der Waals surface area contributed by atoms with Crippen LogP contribution in [0.4, 0.5) is 5.69 Å². The molecule has 0 saturated carbocycles. The van der Waals surface area contributed by atoms with E-state index < -0.39 is 0 Å². The Morgan fingerprint density at radius 3 is 2.76 bits per heavy atom. The monoisotopic (exact) mass is 408 g/mol. The van der Waals surface area contributed by atoms with Crippen molar-refractivity contribution in [3.8, 4) is 0 Å². The first kappa shape index (κ1) is 19.7. The minimum absolute atomic E-state index is 0.114. The highest BCUT2D eigenvalue weighted by atomic mass is 32.2. The Morgan fingerprint density at radius 1 is 1.14 bits per heavy atom. The molecular weight excluding hydrogens is 384 g/mol. The lowest BCUT2D eigenvalue weighted by Gasteiger charge is -2.27. The summed E-state index contributed by atoms with van der Waals surface area (Å²) in [6, 6.07) is 13.2. The van der Waals surface area contributed by atoms with E-state index in [0.29, 0.717) is 5.39 Å². The molecule has 150 valence electrons. The number of nitrogens with one attached hydrogen (secondary N) is 1. The first-order valence-corrected chi connectivity index (χ1v) is 10.9. The smallest absolute Gasteiger partial charge is 0.275 e. The number of benzene rings is 2. The zero-order valence-electron chi connectivity index (χ0n) is 16.4. The van der Waals surface area contributed by atoms with Crippen molar-refractivity contribution in [3.05, 3.63) is 70.1 Å². The number of amides is 1. The van der Waals surface area contributed by atoms with Crippen molar-refractivity contribution in [1.82, 2.24) is 14.7 Å². The molecule has 0 aliphatic carbocycles. The van der Waals surface area contributed by atoms with Gasteiger partial charge in [-0.1, -0.05) is 30.3 Å². The zero-order valence-corrected chi connectivity index (χ0v) is 17.2. The molecule has 0 spiro atoms. The Morgan fingerprint density at radius 2 is 1.93 bits per heavy atom. The first-order valence-electron chi connectivity index (χ1n) is 9.75. The molecule has 1 fully saturated rings. The lowest BCUT2D eigenvalue weighted by molar-refractivity contribution is -0.117. The van der Waals surface area contributed by atoms with Gasteiger partial charge in [0.25, 0.3) is 5.56 Å². The number of nitrogens with zero attached hydrogens (tertiary/aromatic N) is 3. The second-order valence-corrected chi connectivity index (χ2v) is 8.45. The van der Waals surface area contributed by atoms with Gasteiger partial charge in [-0.25, -0.2) is 4.68 Å². The number of rotatable bonds is 5. The van der Waals surface area contributed by atoms with Crippen molar-refractivity contribution in [2.75, 3.05) is 29.9 Å².